The third-order valence-corrected chi connectivity index (χ3v) is 9.08. The van der Waals surface area contributed by atoms with Gasteiger partial charge in [0.2, 0.25) is 0 Å². The van der Waals surface area contributed by atoms with E-state index in [-0.39, 0.29) is 28.3 Å². The van der Waals surface area contributed by atoms with Crippen molar-refractivity contribution in [3.05, 3.63) is 0 Å². The third-order valence-electron chi connectivity index (χ3n) is 9.08. The normalized spacial score (nSPS) is 60.9. The Morgan fingerprint density at radius 2 is 1.52 bits per heavy atom. The zero-order valence-corrected chi connectivity index (χ0v) is 15.2. The lowest BCUT2D eigenvalue weighted by atomic mass is 9.38. The van der Waals surface area contributed by atoms with Crippen LogP contribution in [0.5, 0.6) is 0 Å². The van der Waals surface area contributed by atoms with Crippen molar-refractivity contribution in [3.8, 4) is 0 Å². The van der Waals surface area contributed by atoms with Gasteiger partial charge in [-0.3, -0.25) is 0 Å². The minimum Gasteiger partial charge on any atom is -0.393 e. The first-order chi connectivity index (χ1) is 10.5. The average molecular weight is 322 g/mol. The van der Waals surface area contributed by atoms with Crippen molar-refractivity contribution in [1.29, 1.82) is 0 Å². The van der Waals surface area contributed by atoms with E-state index in [2.05, 4.69) is 20.8 Å². The average Bonchev–Trinajstić information content (AvgIpc) is 2.66. The molecule has 3 heteroatoms. The summed E-state index contributed by atoms with van der Waals surface area (Å²) in [5.74, 6) is 0.763. The highest BCUT2D eigenvalue weighted by Gasteiger charge is 2.74. The van der Waals surface area contributed by atoms with E-state index in [1.165, 1.54) is 0 Å². The first kappa shape index (κ1) is 16.4. The highest BCUT2D eigenvalue weighted by molar-refractivity contribution is 5.24. The molecule has 7 atom stereocenters. The van der Waals surface area contributed by atoms with Crippen molar-refractivity contribution in [1.82, 2.24) is 0 Å². The van der Waals surface area contributed by atoms with Crippen LogP contribution in [0.3, 0.4) is 0 Å². The molecule has 132 valence electrons. The van der Waals surface area contributed by atoms with Gasteiger partial charge in [0, 0.05) is 5.41 Å². The van der Waals surface area contributed by atoms with Crippen LogP contribution in [0.4, 0.5) is 0 Å². The predicted octanol–water partition coefficient (Wildman–Crippen LogP) is 3.26. The maximum Gasteiger partial charge on any atom is 0.0713 e. The van der Waals surface area contributed by atoms with Crippen molar-refractivity contribution in [2.75, 3.05) is 0 Å². The van der Waals surface area contributed by atoms with Crippen molar-refractivity contribution < 1.29 is 15.3 Å². The molecule has 4 fully saturated rings. The minimum atomic E-state index is -0.642. The van der Waals surface area contributed by atoms with Crippen molar-refractivity contribution in [3.63, 3.8) is 0 Å². The first-order valence-electron chi connectivity index (χ1n) is 9.59. The van der Waals surface area contributed by atoms with Gasteiger partial charge in [0.05, 0.1) is 17.3 Å². The molecule has 1 unspecified atom stereocenters. The molecule has 4 saturated carbocycles. The molecule has 23 heavy (non-hydrogen) atoms. The standard InChI is InChI=1S/C20H34O3/c1-16(2)11-14(21)12-17(3)15(16)5-6-20(23)10-13-9-19(17,20)8-7-18(13,4)22/h13-15,21-23H,5-12H2,1-4H3/t13?,14-,15-,17-,18-,19-,20+/m0/s1. The molecule has 0 aromatic rings. The fourth-order valence-corrected chi connectivity index (χ4v) is 8.06. The molecule has 0 aromatic carbocycles. The molecule has 1 spiro atoms. The quantitative estimate of drug-likeness (QED) is 0.641. The summed E-state index contributed by atoms with van der Waals surface area (Å²) in [5.41, 5.74) is -1.29. The number of aliphatic hydroxyl groups excluding tert-OH is 1. The lowest BCUT2D eigenvalue weighted by molar-refractivity contribution is -0.244. The van der Waals surface area contributed by atoms with Crippen LogP contribution in [-0.4, -0.2) is 32.6 Å². The zero-order valence-electron chi connectivity index (χ0n) is 15.2. The van der Waals surface area contributed by atoms with Crippen LogP contribution < -0.4 is 0 Å². The van der Waals surface area contributed by atoms with Gasteiger partial charge in [0.25, 0.3) is 0 Å². The summed E-state index contributed by atoms with van der Waals surface area (Å²) >= 11 is 0. The molecule has 4 aliphatic carbocycles. The van der Waals surface area contributed by atoms with Crippen molar-refractivity contribution in [2.24, 2.45) is 28.1 Å². The van der Waals surface area contributed by atoms with Gasteiger partial charge in [-0.15, -0.1) is 0 Å². The maximum absolute atomic E-state index is 11.7. The Morgan fingerprint density at radius 1 is 0.826 bits per heavy atom. The van der Waals surface area contributed by atoms with E-state index in [0.717, 1.165) is 51.4 Å². The highest BCUT2D eigenvalue weighted by atomic mass is 16.3. The van der Waals surface area contributed by atoms with Crippen LogP contribution in [0.15, 0.2) is 0 Å². The summed E-state index contributed by atoms with van der Waals surface area (Å²) in [4.78, 5) is 0. The zero-order chi connectivity index (χ0) is 16.9. The van der Waals surface area contributed by atoms with E-state index in [0.29, 0.717) is 5.92 Å². The smallest absolute Gasteiger partial charge is 0.0713 e. The second-order valence-corrected chi connectivity index (χ2v) is 10.6. The molecule has 0 aliphatic heterocycles. The monoisotopic (exact) mass is 322 g/mol. The summed E-state index contributed by atoms with van der Waals surface area (Å²) in [6, 6.07) is 0. The Bertz CT molecular complexity index is 527. The number of hydrogen-bond donors (Lipinski definition) is 3. The SMILES string of the molecule is CC1(C)C[C@H](O)C[C@@]2(C)[C@H]1CC[C@@]1(O)CC3C[C@]12CC[C@]3(C)O. The van der Waals surface area contributed by atoms with Crippen LogP contribution in [0.25, 0.3) is 0 Å². The van der Waals surface area contributed by atoms with E-state index in [1.807, 2.05) is 6.92 Å². The summed E-state index contributed by atoms with van der Waals surface area (Å²) < 4.78 is 0. The molecule has 3 nitrogen and oxygen atoms in total. The largest absolute Gasteiger partial charge is 0.393 e. The Balaban J connectivity index is 1.83. The second kappa shape index (κ2) is 4.34. The molecule has 0 amide bonds. The molecule has 4 aliphatic rings. The van der Waals surface area contributed by atoms with Crippen molar-refractivity contribution in [2.45, 2.75) is 96.4 Å². The van der Waals surface area contributed by atoms with Gasteiger partial charge in [-0.25, -0.2) is 0 Å². The molecule has 4 rings (SSSR count). The first-order valence-corrected chi connectivity index (χ1v) is 9.59. The minimum absolute atomic E-state index is 0.0214. The molecule has 0 heterocycles. The highest BCUT2D eigenvalue weighted by Crippen LogP contribution is 2.76. The lowest BCUT2D eigenvalue weighted by Crippen LogP contribution is -2.65. The summed E-state index contributed by atoms with van der Waals surface area (Å²) in [7, 11) is 0. The van der Waals surface area contributed by atoms with Crippen molar-refractivity contribution >= 4 is 0 Å². The molecule has 0 saturated heterocycles. The van der Waals surface area contributed by atoms with Crippen LogP contribution in [0.2, 0.25) is 0 Å². The Kier molecular flexibility index (Phi) is 3.09. The van der Waals surface area contributed by atoms with Gasteiger partial charge in [0.1, 0.15) is 0 Å². The molecule has 2 bridgehead atoms. The molecular weight excluding hydrogens is 288 g/mol. The van der Waals surface area contributed by atoms with Crippen LogP contribution >= 0.6 is 0 Å². The van der Waals surface area contributed by atoms with Gasteiger partial charge in [-0.1, -0.05) is 20.8 Å². The maximum atomic E-state index is 11.7. The molecule has 0 aromatic heterocycles. The van der Waals surface area contributed by atoms with Crippen LogP contribution in [0, 0.1) is 28.1 Å². The lowest BCUT2D eigenvalue weighted by Gasteiger charge is -2.68. The fraction of sp³-hybridized carbons (Fsp3) is 1.00. The predicted molar refractivity (Wildman–Crippen MR) is 89.8 cm³/mol. The molecule has 0 radical (unpaired) electrons. The van der Waals surface area contributed by atoms with E-state index in [4.69, 9.17) is 0 Å². The number of hydrogen-bond acceptors (Lipinski definition) is 3. The van der Waals surface area contributed by atoms with Gasteiger partial charge < -0.3 is 15.3 Å². The van der Waals surface area contributed by atoms with E-state index >= 15 is 0 Å². The molecular formula is C20H34O3. The van der Waals surface area contributed by atoms with E-state index in [9.17, 15) is 15.3 Å². The van der Waals surface area contributed by atoms with Gasteiger partial charge in [0.15, 0.2) is 0 Å². The topological polar surface area (TPSA) is 60.7 Å². The Hall–Kier alpha value is -0.120. The summed E-state index contributed by atoms with van der Waals surface area (Å²) in [6.45, 7) is 8.94. The summed E-state index contributed by atoms with van der Waals surface area (Å²) in [6.07, 6.45) is 6.75. The van der Waals surface area contributed by atoms with Crippen LogP contribution in [0.1, 0.15) is 79.1 Å². The van der Waals surface area contributed by atoms with Gasteiger partial charge in [-0.05, 0) is 81.0 Å². The summed E-state index contributed by atoms with van der Waals surface area (Å²) in [5, 5.41) is 33.1. The third kappa shape index (κ3) is 1.82. The van der Waals surface area contributed by atoms with E-state index < -0.39 is 11.2 Å². The second-order valence-electron chi connectivity index (χ2n) is 10.6. The van der Waals surface area contributed by atoms with Gasteiger partial charge >= 0.3 is 0 Å². The van der Waals surface area contributed by atoms with Crippen LogP contribution in [-0.2, 0) is 0 Å². The Morgan fingerprint density at radius 3 is 2.22 bits per heavy atom. The van der Waals surface area contributed by atoms with E-state index in [1.54, 1.807) is 0 Å². The van der Waals surface area contributed by atoms with Gasteiger partial charge in [-0.2, -0.15) is 0 Å². The Labute approximate surface area is 140 Å². The number of fused-ring (bicyclic) bond motifs is 2. The number of rotatable bonds is 0. The number of aliphatic hydroxyl groups is 3. The molecule has 3 N–H and O–H groups in total. The fourth-order valence-electron chi connectivity index (χ4n) is 8.06.